The van der Waals surface area contributed by atoms with Gasteiger partial charge in [-0.2, -0.15) is 0 Å². The van der Waals surface area contributed by atoms with Crippen LogP contribution in [0.25, 0.3) is 0 Å². The molecule has 144 valence electrons. The Kier molecular flexibility index (Phi) is 6.85. The minimum absolute atomic E-state index is 0.00716. The molecule has 1 aliphatic rings. The van der Waals surface area contributed by atoms with Crippen molar-refractivity contribution in [1.82, 2.24) is 10.2 Å². The molecule has 1 atom stereocenters. The van der Waals surface area contributed by atoms with E-state index in [1.807, 2.05) is 44.3 Å². The van der Waals surface area contributed by atoms with Gasteiger partial charge in [-0.1, -0.05) is 48.5 Å². The van der Waals surface area contributed by atoms with E-state index in [1.165, 1.54) is 11.3 Å². The van der Waals surface area contributed by atoms with Gasteiger partial charge in [-0.15, -0.1) is 0 Å². The number of nitrogens with zero attached hydrogens (tertiary/aromatic N) is 2. The quantitative estimate of drug-likeness (QED) is 0.817. The second kappa shape index (κ2) is 9.53. The molecule has 0 spiro atoms. The lowest BCUT2D eigenvalue weighted by molar-refractivity contribution is -0.122. The number of para-hydroxylation sites is 1. The number of carbonyl (C=O) groups excluding carboxylic acids is 1. The van der Waals surface area contributed by atoms with Gasteiger partial charge in [0.05, 0.1) is 25.8 Å². The van der Waals surface area contributed by atoms with Crippen molar-refractivity contribution in [3.05, 3.63) is 65.7 Å². The molecule has 1 saturated heterocycles. The Bertz CT molecular complexity index is 729. The Morgan fingerprint density at radius 1 is 1.11 bits per heavy atom. The molecule has 1 aliphatic heterocycles. The molecule has 27 heavy (non-hydrogen) atoms. The Labute approximate surface area is 161 Å². The molecular weight excluding hydrogens is 338 g/mol. The number of likely N-dealkylation sites (N-methyl/N-ethyl adjacent to an activating group) is 1. The molecular formula is C22H29N3O2. The molecule has 3 rings (SSSR count). The van der Waals surface area contributed by atoms with Crippen LogP contribution in [0.4, 0.5) is 5.69 Å². The lowest BCUT2D eigenvalue weighted by atomic mass is 10.1. The van der Waals surface area contributed by atoms with Crippen LogP contribution in [0.5, 0.6) is 0 Å². The fourth-order valence-electron chi connectivity index (χ4n) is 3.46. The molecule has 1 fully saturated rings. The van der Waals surface area contributed by atoms with Gasteiger partial charge in [-0.25, -0.2) is 0 Å². The fraction of sp³-hybridized carbons (Fsp3) is 0.409. The van der Waals surface area contributed by atoms with E-state index in [0.29, 0.717) is 6.54 Å². The van der Waals surface area contributed by atoms with Crippen LogP contribution in [-0.2, 0) is 16.1 Å². The summed E-state index contributed by atoms with van der Waals surface area (Å²) in [6.07, 6.45) is 0. The van der Waals surface area contributed by atoms with E-state index >= 15 is 0 Å². The zero-order chi connectivity index (χ0) is 19.1. The van der Waals surface area contributed by atoms with Gasteiger partial charge in [0.2, 0.25) is 5.91 Å². The molecule has 1 heterocycles. The zero-order valence-corrected chi connectivity index (χ0v) is 16.2. The third-order valence-corrected chi connectivity index (χ3v) is 4.87. The number of amides is 1. The van der Waals surface area contributed by atoms with Gasteiger partial charge in [0.15, 0.2) is 0 Å². The van der Waals surface area contributed by atoms with Crippen LogP contribution in [0, 0.1) is 0 Å². The summed E-state index contributed by atoms with van der Waals surface area (Å²) in [5, 5.41) is 3.08. The maximum absolute atomic E-state index is 12.4. The third kappa shape index (κ3) is 5.55. The van der Waals surface area contributed by atoms with E-state index in [1.54, 1.807) is 0 Å². The first kappa shape index (κ1) is 19.4. The molecule has 2 aromatic carbocycles. The van der Waals surface area contributed by atoms with Crippen molar-refractivity contribution in [3.63, 3.8) is 0 Å². The van der Waals surface area contributed by atoms with Crippen LogP contribution in [0.3, 0.4) is 0 Å². The predicted octanol–water partition coefficient (Wildman–Crippen LogP) is 2.83. The van der Waals surface area contributed by atoms with Crippen LogP contribution in [0.2, 0.25) is 0 Å². The van der Waals surface area contributed by atoms with Crippen molar-refractivity contribution in [2.75, 3.05) is 44.8 Å². The Morgan fingerprint density at radius 2 is 1.78 bits per heavy atom. The highest BCUT2D eigenvalue weighted by Gasteiger charge is 2.16. The summed E-state index contributed by atoms with van der Waals surface area (Å²) in [4.78, 5) is 16.9. The van der Waals surface area contributed by atoms with Crippen LogP contribution in [0.15, 0.2) is 54.6 Å². The maximum Gasteiger partial charge on any atom is 0.234 e. The van der Waals surface area contributed by atoms with Gasteiger partial charge in [-0.3, -0.25) is 9.69 Å². The smallest absolute Gasteiger partial charge is 0.234 e. The third-order valence-electron chi connectivity index (χ3n) is 4.87. The topological polar surface area (TPSA) is 44.8 Å². The normalized spacial score (nSPS) is 15.6. The second-order valence-corrected chi connectivity index (χ2v) is 7.10. The van der Waals surface area contributed by atoms with Crippen molar-refractivity contribution in [1.29, 1.82) is 0 Å². The zero-order valence-electron chi connectivity index (χ0n) is 16.2. The highest BCUT2D eigenvalue weighted by atomic mass is 16.5. The summed E-state index contributed by atoms with van der Waals surface area (Å²) in [7, 11) is 1.99. The Balaban J connectivity index is 1.56. The van der Waals surface area contributed by atoms with E-state index < -0.39 is 0 Å². The van der Waals surface area contributed by atoms with Crippen molar-refractivity contribution in [3.8, 4) is 0 Å². The van der Waals surface area contributed by atoms with E-state index in [0.717, 1.165) is 38.4 Å². The van der Waals surface area contributed by atoms with Gasteiger partial charge >= 0.3 is 0 Å². The number of hydrogen-bond acceptors (Lipinski definition) is 4. The average molecular weight is 367 g/mol. The number of ether oxygens (including phenoxy) is 1. The number of hydrogen-bond donors (Lipinski definition) is 1. The van der Waals surface area contributed by atoms with Gasteiger partial charge in [0.25, 0.3) is 0 Å². The molecule has 0 unspecified atom stereocenters. The van der Waals surface area contributed by atoms with Crippen LogP contribution >= 0.6 is 0 Å². The number of anilines is 1. The largest absolute Gasteiger partial charge is 0.378 e. The van der Waals surface area contributed by atoms with E-state index in [9.17, 15) is 4.79 Å². The molecule has 0 bridgehead atoms. The van der Waals surface area contributed by atoms with Crippen molar-refractivity contribution in [2.24, 2.45) is 0 Å². The van der Waals surface area contributed by atoms with Crippen LogP contribution < -0.4 is 10.2 Å². The first-order valence-electron chi connectivity index (χ1n) is 9.57. The standard InChI is InChI=1S/C22H29N3O2/c1-18(19-8-4-3-5-9-19)23-22(26)17-24(2)16-20-10-6-7-11-21(20)25-12-14-27-15-13-25/h3-11,18H,12-17H2,1-2H3,(H,23,26)/t18-/m1/s1. The monoisotopic (exact) mass is 367 g/mol. The van der Waals surface area contributed by atoms with E-state index in [-0.39, 0.29) is 11.9 Å². The fourth-order valence-corrected chi connectivity index (χ4v) is 3.46. The number of nitrogens with one attached hydrogen (secondary N) is 1. The molecule has 0 saturated carbocycles. The average Bonchev–Trinajstić information content (AvgIpc) is 2.69. The molecule has 0 radical (unpaired) electrons. The van der Waals surface area contributed by atoms with Crippen molar-refractivity contribution in [2.45, 2.75) is 19.5 Å². The molecule has 1 N–H and O–H groups in total. The van der Waals surface area contributed by atoms with Crippen molar-refractivity contribution < 1.29 is 9.53 Å². The predicted molar refractivity (Wildman–Crippen MR) is 109 cm³/mol. The van der Waals surface area contributed by atoms with Crippen LogP contribution in [0.1, 0.15) is 24.1 Å². The molecule has 5 nitrogen and oxygen atoms in total. The first-order chi connectivity index (χ1) is 13.1. The molecule has 1 amide bonds. The summed E-state index contributed by atoms with van der Waals surface area (Å²) in [6, 6.07) is 18.5. The number of rotatable bonds is 7. The minimum atomic E-state index is 0.00716. The Hall–Kier alpha value is -2.37. The number of benzene rings is 2. The minimum Gasteiger partial charge on any atom is -0.378 e. The summed E-state index contributed by atoms with van der Waals surface area (Å²) in [5.41, 5.74) is 3.60. The highest BCUT2D eigenvalue weighted by Crippen LogP contribution is 2.22. The maximum atomic E-state index is 12.4. The Morgan fingerprint density at radius 3 is 2.52 bits per heavy atom. The number of carbonyl (C=O) groups is 1. The molecule has 0 aromatic heterocycles. The molecule has 0 aliphatic carbocycles. The highest BCUT2D eigenvalue weighted by molar-refractivity contribution is 5.78. The molecule has 5 heteroatoms. The lowest BCUT2D eigenvalue weighted by Gasteiger charge is -2.31. The summed E-state index contributed by atoms with van der Waals surface area (Å²) in [6.45, 7) is 6.48. The van der Waals surface area contributed by atoms with Gasteiger partial charge in [-0.05, 0) is 31.2 Å². The van der Waals surface area contributed by atoms with Crippen LogP contribution in [-0.4, -0.2) is 50.7 Å². The van der Waals surface area contributed by atoms with E-state index in [4.69, 9.17) is 4.74 Å². The van der Waals surface area contributed by atoms with Crippen molar-refractivity contribution >= 4 is 11.6 Å². The van der Waals surface area contributed by atoms with Gasteiger partial charge < -0.3 is 15.0 Å². The first-order valence-corrected chi connectivity index (χ1v) is 9.57. The van der Waals surface area contributed by atoms with Gasteiger partial charge in [0, 0.05) is 25.3 Å². The lowest BCUT2D eigenvalue weighted by Crippen LogP contribution is -2.38. The molecule has 2 aromatic rings. The SMILES string of the molecule is C[C@@H](NC(=O)CN(C)Cc1ccccc1N1CCOCC1)c1ccccc1. The second-order valence-electron chi connectivity index (χ2n) is 7.10. The summed E-state index contributed by atoms with van der Waals surface area (Å²) >= 11 is 0. The summed E-state index contributed by atoms with van der Waals surface area (Å²) in [5.74, 6) is 0.0395. The van der Waals surface area contributed by atoms with Gasteiger partial charge in [0.1, 0.15) is 0 Å². The summed E-state index contributed by atoms with van der Waals surface area (Å²) < 4.78 is 5.46. The van der Waals surface area contributed by atoms with E-state index in [2.05, 4.69) is 39.4 Å². The number of morpholine rings is 1.